The fourth-order valence-electron chi connectivity index (χ4n) is 2.87. The summed E-state index contributed by atoms with van der Waals surface area (Å²) < 4.78 is 27.1. The topological polar surface area (TPSA) is 90.3 Å². The van der Waals surface area contributed by atoms with Crippen molar-refractivity contribution in [3.63, 3.8) is 0 Å². The Morgan fingerprint density at radius 3 is 2.39 bits per heavy atom. The van der Waals surface area contributed by atoms with Crippen molar-refractivity contribution in [2.75, 3.05) is 13.1 Å². The summed E-state index contributed by atoms with van der Waals surface area (Å²) in [5.74, 6) is -0.211. The molecule has 0 aliphatic carbocycles. The molecule has 6 nitrogen and oxygen atoms in total. The number of amides is 1. The third-order valence-corrected chi connectivity index (χ3v) is 5.86. The van der Waals surface area contributed by atoms with Gasteiger partial charge in [-0.25, -0.2) is 13.1 Å². The maximum atomic E-state index is 13.2. The van der Waals surface area contributed by atoms with Crippen LogP contribution in [-0.4, -0.2) is 32.3 Å². The van der Waals surface area contributed by atoms with E-state index < -0.39 is 10.0 Å². The van der Waals surface area contributed by atoms with E-state index in [2.05, 4.69) is 10.8 Å². The lowest BCUT2D eigenvalue weighted by Crippen LogP contribution is -2.32. The van der Waals surface area contributed by atoms with E-state index in [-0.39, 0.29) is 17.3 Å². The molecule has 148 valence electrons. The van der Waals surface area contributed by atoms with E-state index in [0.29, 0.717) is 24.2 Å². The van der Waals surface area contributed by atoms with Crippen LogP contribution in [0.2, 0.25) is 0 Å². The first-order valence-corrected chi connectivity index (χ1v) is 10.7. The first-order chi connectivity index (χ1) is 13.3. The molecule has 0 aliphatic rings. The van der Waals surface area contributed by atoms with Gasteiger partial charge in [-0.15, -0.1) is 0 Å². The molecule has 0 fully saturated rings. The first kappa shape index (κ1) is 21.6. The lowest BCUT2D eigenvalue weighted by atomic mass is 10.1. The SMILES string of the molecule is CCCN(Cc1ccc(C#N)cc1)C(=O)c1cc(S(=O)(=O)NCC)ccc1C. The Morgan fingerprint density at radius 1 is 1.14 bits per heavy atom. The molecule has 1 N–H and O–H groups in total. The van der Waals surface area contributed by atoms with Crippen LogP contribution in [0.25, 0.3) is 0 Å². The zero-order valence-corrected chi connectivity index (χ0v) is 17.2. The number of carbonyl (C=O) groups is 1. The molecule has 0 aromatic heterocycles. The highest BCUT2D eigenvalue weighted by atomic mass is 32.2. The Labute approximate surface area is 166 Å². The van der Waals surface area contributed by atoms with E-state index in [1.165, 1.54) is 12.1 Å². The second-order valence-corrected chi connectivity index (χ2v) is 8.28. The normalized spacial score (nSPS) is 11.1. The number of carbonyl (C=O) groups excluding carboxylic acids is 1. The Bertz CT molecular complexity index is 977. The summed E-state index contributed by atoms with van der Waals surface area (Å²) in [7, 11) is -3.64. The molecule has 0 saturated heterocycles. The standard InChI is InChI=1S/C21H25N3O3S/c1-4-12-24(15-18-9-7-17(14-22)8-10-18)21(25)20-13-19(11-6-16(20)3)28(26,27)23-5-2/h6-11,13,23H,4-5,12,15H2,1-3H3. The van der Waals surface area contributed by atoms with Gasteiger partial charge in [-0.1, -0.05) is 32.0 Å². The van der Waals surface area contributed by atoms with Crippen molar-refractivity contribution in [3.05, 3.63) is 64.7 Å². The fourth-order valence-corrected chi connectivity index (χ4v) is 3.94. The van der Waals surface area contributed by atoms with Gasteiger partial charge >= 0.3 is 0 Å². The second kappa shape index (κ2) is 9.49. The van der Waals surface area contributed by atoms with Gasteiger partial charge in [0.05, 0.1) is 16.5 Å². The summed E-state index contributed by atoms with van der Waals surface area (Å²) in [5, 5.41) is 8.92. The van der Waals surface area contributed by atoms with E-state index >= 15 is 0 Å². The van der Waals surface area contributed by atoms with Crippen LogP contribution in [0.3, 0.4) is 0 Å². The summed E-state index contributed by atoms with van der Waals surface area (Å²) in [6.45, 7) is 6.70. The van der Waals surface area contributed by atoms with Gasteiger partial charge < -0.3 is 4.90 Å². The van der Waals surface area contributed by atoms with Gasteiger partial charge in [-0.05, 0) is 48.7 Å². The zero-order chi connectivity index (χ0) is 20.7. The maximum Gasteiger partial charge on any atom is 0.254 e. The van der Waals surface area contributed by atoms with Crippen LogP contribution < -0.4 is 4.72 Å². The third-order valence-electron chi connectivity index (χ3n) is 4.32. The van der Waals surface area contributed by atoms with Crippen LogP contribution >= 0.6 is 0 Å². The smallest absolute Gasteiger partial charge is 0.254 e. The Balaban J connectivity index is 2.35. The molecule has 2 rings (SSSR count). The molecular weight excluding hydrogens is 374 g/mol. The zero-order valence-electron chi connectivity index (χ0n) is 16.4. The van der Waals surface area contributed by atoms with Crippen LogP contribution in [-0.2, 0) is 16.6 Å². The molecule has 0 unspecified atom stereocenters. The lowest BCUT2D eigenvalue weighted by molar-refractivity contribution is 0.0742. The molecule has 0 bridgehead atoms. The number of rotatable bonds is 8. The molecule has 7 heteroatoms. The number of hydrogen-bond acceptors (Lipinski definition) is 4. The predicted octanol–water partition coefficient (Wildman–Crippen LogP) is 3.22. The summed E-state index contributed by atoms with van der Waals surface area (Å²) in [5.41, 5.74) is 2.58. The molecule has 2 aromatic carbocycles. The van der Waals surface area contributed by atoms with Gasteiger partial charge in [0.1, 0.15) is 0 Å². The number of hydrogen-bond donors (Lipinski definition) is 1. The number of sulfonamides is 1. The van der Waals surface area contributed by atoms with Crippen LogP contribution in [0.1, 0.15) is 47.3 Å². The summed E-state index contributed by atoms with van der Waals surface area (Å²) in [6, 6.07) is 13.8. The van der Waals surface area contributed by atoms with Crippen LogP contribution in [0.15, 0.2) is 47.4 Å². The second-order valence-electron chi connectivity index (χ2n) is 6.51. The van der Waals surface area contributed by atoms with Gasteiger partial charge in [-0.2, -0.15) is 5.26 Å². The van der Waals surface area contributed by atoms with Gasteiger partial charge in [0.25, 0.3) is 5.91 Å². The summed E-state index contributed by atoms with van der Waals surface area (Å²) in [6.07, 6.45) is 0.774. The minimum Gasteiger partial charge on any atom is -0.334 e. The molecular formula is C21H25N3O3S. The largest absolute Gasteiger partial charge is 0.334 e. The molecule has 0 spiro atoms. The van der Waals surface area contributed by atoms with E-state index in [1.807, 2.05) is 19.1 Å². The van der Waals surface area contributed by atoms with E-state index in [9.17, 15) is 13.2 Å². The number of aryl methyl sites for hydroxylation is 1. The molecule has 0 heterocycles. The van der Waals surface area contributed by atoms with Crippen LogP contribution in [0.4, 0.5) is 0 Å². The number of benzene rings is 2. The highest BCUT2D eigenvalue weighted by molar-refractivity contribution is 7.89. The molecule has 0 saturated carbocycles. The van der Waals surface area contributed by atoms with Crippen molar-refractivity contribution in [3.8, 4) is 6.07 Å². The summed E-state index contributed by atoms with van der Waals surface area (Å²) >= 11 is 0. The average Bonchev–Trinajstić information content (AvgIpc) is 2.68. The molecule has 1 amide bonds. The van der Waals surface area contributed by atoms with Crippen molar-refractivity contribution < 1.29 is 13.2 Å². The average molecular weight is 400 g/mol. The van der Waals surface area contributed by atoms with Crippen molar-refractivity contribution in [2.24, 2.45) is 0 Å². The van der Waals surface area contributed by atoms with E-state index in [4.69, 9.17) is 5.26 Å². The van der Waals surface area contributed by atoms with Crippen molar-refractivity contribution >= 4 is 15.9 Å². The van der Waals surface area contributed by atoms with Crippen LogP contribution in [0, 0.1) is 18.3 Å². The Hall–Kier alpha value is -2.69. The Morgan fingerprint density at radius 2 is 1.82 bits per heavy atom. The number of nitrogens with one attached hydrogen (secondary N) is 1. The Kier molecular flexibility index (Phi) is 7.32. The van der Waals surface area contributed by atoms with E-state index in [1.54, 1.807) is 36.9 Å². The van der Waals surface area contributed by atoms with Crippen molar-refractivity contribution in [1.82, 2.24) is 9.62 Å². The fraction of sp³-hybridized carbons (Fsp3) is 0.333. The van der Waals surface area contributed by atoms with Crippen LogP contribution in [0.5, 0.6) is 0 Å². The van der Waals surface area contributed by atoms with Gasteiger partial charge in [0.2, 0.25) is 10.0 Å². The van der Waals surface area contributed by atoms with Crippen molar-refractivity contribution in [1.29, 1.82) is 5.26 Å². The highest BCUT2D eigenvalue weighted by Gasteiger charge is 2.21. The van der Waals surface area contributed by atoms with E-state index in [0.717, 1.165) is 17.5 Å². The molecule has 0 aliphatic heterocycles. The minimum atomic E-state index is -3.64. The first-order valence-electron chi connectivity index (χ1n) is 9.21. The summed E-state index contributed by atoms with van der Waals surface area (Å²) in [4.78, 5) is 15.0. The lowest BCUT2D eigenvalue weighted by Gasteiger charge is -2.23. The number of nitrogens with zero attached hydrogens (tertiary/aromatic N) is 2. The molecule has 0 atom stereocenters. The molecule has 2 aromatic rings. The molecule has 28 heavy (non-hydrogen) atoms. The minimum absolute atomic E-state index is 0.0816. The number of nitriles is 1. The maximum absolute atomic E-state index is 13.2. The van der Waals surface area contributed by atoms with Gasteiger partial charge in [0, 0.05) is 25.2 Å². The van der Waals surface area contributed by atoms with Gasteiger partial charge in [0.15, 0.2) is 0 Å². The highest BCUT2D eigenvalue weighted by Crippen LogP contribution is 2.19. The third kappa shape index (κ3) is 5.18. The predicted molar refractivity (Wildman–Crippen MR) is 108 cm³/mol. The quantitative estimate of drug-likeness (QED) is 0.738. The van der Waals surface area contributed by atoms with Crippen molar-refractivity contribution in [2.45, 2.75) is 38.6 Å². The monoisotopic (exact) mass is 399 g/mol. The molecule has 0 radical (unpaired) electrons. The van der Waals surface area contributed by atoms with Gasteiger partial charge in [-0.3, -0.25) is 4.79 Å².